The van der Waals surface area contributed by atoms with E-state index in [0.29, 0.717) is 32.6 Å². The molecule has 2 amide bonds. The molecule has 0 radical (unpaired) electrons. The molecule has 2 fully saturated rings. The van der Waals surface area contributed by atoms with E-state index in [1.807, 2.05) is 35.2 Å². The number of amides is 2. The van der Waals surface area contributed by atoms with Gasteiger partial charge in [0.15, 0.2) is 0 Å². The summed E-state index contributed by atoms with van der Waals surface area (Å²) in [6.45, 7) is 5.79. The third-order valence-corrected chi connectivity index (χ3v) is 6.48. The van der Waals surface area contributed by atoms with Crippen LogP contribution in [0.5, 0.6) is 0 Å². The van der Waals surface area contributed by atoms with E-state index in [1.54, 1.807) is 17.0 Å². The number of benzene rings is 2. The van der Waals surface area contributed by atoms with Crippen molar-refractivity contribution >= 4 is 11.8 Å². The highest BCUT2D eigenvalue weighted by Gasteiger charge is 2.36. The molecule has 2 aromatic carbocycles. The molecular weight excluding hydrogens is 391 g/mol. The Balaban J connectivity index is 1.62. The Morgan fingerprint density at radius 3 is 2.65 bits per heavy atom. The first-order valence-electron chi connectivity index (χ1n) is 11.1. The van der Waals surface area contributed by atoms with Crippen LogP contribution in [0.1, 0.15) is 24.8 Å². The zero-order valence-corrected chi connectivity index (χ0v) is 17.8. The van der Waals surface area contributed by atoms with Gasteiger partial charge in [-0.3, -0.25) is 9.59 Å². The van der Waals surface area contributed by atoms with Crippen LogP contribution in [0.3, 0.4) is 0 Å². The average molecular weight is 421 g/mol. The highest BCUT2D eigenvalue weighted by molar-refractivity contribution is 5.84. The summed E-state index contributed by atoms with van der Waals surface area (Å²) >= 11 is 0. The maximum Gasteiger partial charge on any atom is 0.228 e. The van der Waals surface area contributed by atoms with Crippen LogP contribution >= 0.6 is 0 Å². The molecule has 0 spiro atoms. The fraction of sp³-hybridized carbons (Fsp3) is 0.385. The molecule has 0 N–H and O–H groups in total. The molecule has 4 nitrogen and oxygen atoms in total. The van der Waals surface area contributed by atoms with Crippen molar-refractivity contribution in [2.24, 2.45) is 11.8 Å². The Bertz CT molecular complexity index is 969. The first-order valence-corrected chi connectivity index (χ1v) is 11.1. The van der Waals surface area contributed by atoms with Crippen LogP contribution in [0.15, 0.2) is 61.2 Å². The van der Waals surface area contributed by atoms with E-state index in [9.17, 15) is 14.0 Å². The molecule has 1 saturated carbocycles. The van der Waals surface area contributed by atoms with Crippen LogP contribution in [-0.2, 0) is 16.0 Å². The van der Waals surface area contributed by atoms with Gasteiger partial charge in [-0.25, -0.2) is 4.39 Å². The quantitative estimate of drug-likeness (QED) is 0.654. The Hall–Kier alpha value is -2.95. The van der Waals surface area contributed by atoms with Gasteiger partial charge in [0.1, 0.15) is 5.82 Å². The standard InChI is InChI=1S/C26H29FN2O2/c1-2-13-28-14-15-29(25(30)19-8-5-9-19)18-22(26(28)31)16-20-7-3-4-12-24(20)21-10-6-11-23(27)17-21/h2-4,6-7,10-12,17,19,22H,1,5,8-9,13-16,18H2/t22-/m0/s1. The van der Waals surface area contributed by atoms with Gasteiger partial charge in [0.25, 0.3) is 0 Å². The first kappa shape index (κ1) is 21.3. The molecule has 1 aliphatic carbocycles. The SMILES string of the molecule is C=CCN1CCN(C(=O)C2CCC2)C[C@H](Cc2ccccc2-c2cccc(F)c2)C1=O. The Morgan fingerprint density at radius 2 is 1.94 bits per heavy atom. The largest absolute Gasteiger partial charge is 0.340 e. The van der Waals surface area contributed by atoms with Gasteiger partial charge in [0.05, 0.1) is 5.92 Å². The normalized spacial score (nSPS) is 19.6. The molecule has 0 aromatic heterocycles. The number of carbonyl (C=O) groups excluding carboxylic acids is 2. The van der Waals surface area contributed by atoms with Crippen molar-refractivity contribution in [2.45, 2.75) is 25.7 Å². The topological polar surface area (TPSA) is 40.6 Å². The minimum atomic E-state index is -0.332. The second kappa shape index (κ2) is 9.46. The van der Waals surface area contributed by atoms with Crippen LogP contribution in [0.4, 0.5) is 4.39 Å². The minimum Gasteiger partial charge on any atom is -0.340 e. The molecule has 0 unspecified atom stereocenters. The molecule has 31 heavy (non-hydrogen) atoms. The van der Waals surface area contributed by atoms with E-state index in [0.717, 1.165) is 36.0 Å². The fourth-order valence-electron chi connectivity index (χ4n) is 4.55. The van der Waals surface area contributed by atoms with E-state index in [1.165, 1.54) is 12.1 Å². The van der Waals surface area contributed by atoms with Crippen molar-refractivity contribution < 1.29 is 14.0 Å². The van der Waals surface area contributed by atoms with Crippen molar-refractivity contribution in [2.75, 3.05) is 26.2 Å². The third kappa shape index (κ3) is 4.71. The molecule has 4 rings (SSSR count). The third-order valence-electron chi connectivity index (χ3n) is 6.48. The molecule has 1 heterocycles. The smallest absolute Gasteiger partial charge is 0.228 e. The number of nitrogens with zero attached hydrogens (tertiary/aromatic N) is 2. The molecule has 162 valence electrons. The van der Waals surface area contributed by atoms with Gasteiger partial charge in [-0.05, 0) is 48.1 Å². The predicted octanol–water partition coefficient (Wildman–Crippen LogP) is 4.31. The van der Waals surface area contributed by atoms with Gasteiger partial charge < -0.3 is 9.80 Å². The van der Waals surface area contributed by atoms with Crippen LogP contribution < -0.4 is 0 Å². The Labute approximate surface area is 183 Å². The maximum atomic E-state index is 13.8. The summed E-state index contributed by atoms with van der Waals surface area (Å²) in [5.41, 5.74) is 2.70. The number of hydrogen-bond donors (Lipinski definition) is 0. The lowest BCUT2D eigenvalue weighted by Gasteiger charge is -2.32. The van der Waals surface area contributed by atoms with Gasteiger partial charge >= 0.3 is 0 Å². The first-order chi connectivity index (χ1) is 15.1. The lowest BCUT2D eigenvalue weighted by Crippen LogP contribution is -2.42. The van der Waals surface area contributed by atoms with Gasteiger partial charge in [0.2, 0.25) is 11.8 Å². The summed E-state index contributed by atoms with van der Waals surface area (Å²) in [7, 11) is 0. The van der Waals surface area contributed by atoms with Gasteiger partial charge in [-0.2, -0.15) is 0 Å². The molecule has 1 atom stereocenters. The number of hydrogen-bond acceptors (Lipinski definition) is 2. The van der Waals surface area contributed by atoms with Gasteiger partial charge in [0, 0.05) is 32.1 Å². The molecule has 1 saturated heterocycles. The highest BCUT2D eigenvalue weighted by atomic mass is 19.1. The minimum absolute atomic E-state index is 0.0536. The molecule has 2 aromatic rings. The zero-order chi connectivity index (χ0) is 21.8. The van der Waals surface area contributed by atoms with Gasteiger partial charge in [-0.15, -0.1) is 6.58 Å². The van der Waals surface area contributed by atoms with E-state index in [-0.39, 0.29) is 29.5 Å². The molecule has 2 aliphatic rings. The zero-order valence-electron chi connectivity index (χ0n) is 17.8. The maximum absolute atomic E-state index is 13.8. The summed E-state index contributed by atoms with van der Waals surface area (Å²) in [6.07, 6.45) is 5.25. The summed E-state index contributed by atoms with van der Waals surface area (Å²) in [6, 6.07) is 14.4. The van der Waals surface area contributed by atoms with Crippen molar-refractivity contribution in [3.8, 4) is 11.1 Å². The lowest BCUT2D eigenvalue weighted by atomic mass is 9.84. The Morgan fingerprint density at radius 1 is 1.13 bits per heavy atom. The van der Waals surface area contributed by atoms with E-state index >= 15 is 0 Å². The van der Waals surface area contributed by atoms with Crippen molar-refractivity contribution in [1.82, 2.24) is 9.80 Å². The van der Waals surface area contributed by atoms with E-state index in [4.69, 9.17) is 0 Å². The summed E-state index contributed by atoms with van der Waals surface area (Å²) in [5, 5.41) is 0. The monoisotopic (exact) mass is 420 g/mol. The van der Waals surface area contributed by atoms with Crippen LogP contribution in [0.25, 0.3) is 11.1 Å². The molecule has 0 bridgehead atoms. The van der Waals surface area contributed by atoms with Crippen LogP contribution in [0.2, 0.25) is 0 Å². The predicted molar refractivity (Wildman–Crippen MR) is 120 cm³/mol. The highest BCUT2D eigenvalue weighted by Crippen LogP contribution is 2.31. The van der Waals surface area contributed by atoms with E-state index < -0.39 is 0 Å². The average Bonchev–Trinajstić information content (AvgIpc) is 2.87. The molecule has 5 heteroatoms. The molecule has 1 aliphatic heterocycles. The van der Waals surface area contributed by atoms with Gasteiger partial charge in [-0.1, -0.05) is 48.9 Å². The number of carbonyl (C=O) groups is 2. The van der Waals surface area contributed by atoms with Crippen LogP contribution in [0, 0.1) is 17.7 Å². The lowest BCUT2D eigenvalue weighted by molar-refractivity contribution is -0.138. The number of rotatable bonds is 6. The summed E-state index contributed by atoms with van der Waals surface area (Å²) in [5.74, 6) is -0.268. The van der Waals surface area contributed by atoms with E-state index in [2.05, 4.69) is 6.58 Å². The number of halogens is 1. The van der Waals surface area contributed by atoms with Crippen LogP contribution in [-0.4, -0.2) is 47.8 Å². The second-order valence-electron chi connectivity index (χ2n) is 8.55. The Kier molecular flexibility index (Phi) is 6.50. The molecular formula is C26H29FN2O2. The fourth-order valence-corrected chi connectivity index (χ4v) is 4.55. The van der Waals surface area contributed by atoms with Crippen molar-refractivity contribution in [1.29, 1.82) is 0 Å². The van der Waals surface area contributed by atoms with Crippen molar-refractivity contribution in [3.05, 3.63) is 72.6 Å². The summed E-state index contributed by atoms with van der Waals surface area (Å²) < 4.78 is 13.8. The summed E-state index contributed by atoms with van der Waals surface area (Å²) in [4.78, 5) is 30.0. The van der Waals surface area contributed by atoms with Crippen molar-refractivity contribution in [3.63, 3.8) is 0 Å². The second-order valence-corrected chi connectivity index (χ2v) is 8.55.